The third kappa shape index (κ3) is 4.93. The monoisotopic (exact) mass is 436 g/mol. The summed E-state index contributed by atoms with van der Waals surface area (Å²) in [6.07, 6.45) is 2.00. The Balaban J connectivity index is 1.28. The molecule has 2 aliphatic carbocycles. The largest absolute Gasteiger partial charge is 0.481 e. The number of hydrogen-bond donors (Lipinski definition) is 3. The van der Waals surface area contributed by atoms with Gasteiger partial charge in [-0.3, -0.25) is 9.59 Å². The molecule has 2 atom stereocenters. The molecular formula is C25H28N2O5. The van der Waals surface area contributed by atoms with E-state index in [2.05, 4.69) is 22.8 Å². The third-order valence-corrected chi connectivity index (χ3v) is 6.26. The van der Waals surface area contributed by atoms with Gasteiger partial charge in [-0.05, 0) is 41.5 Å². The van der Waals surface area contributed by atoms with Crippen LogP contribution in [0, 0.1) is 11.8 Å². The van der Waals surface area contributed by atoms with Crippen LogP contribution in [0.4, 0.5) is 4.79 Å². The minimum atomic E-state index is -0.908. The van der Waals surface area contributed by atoms with Crippen LogP contribution in [0.5, 0.6) is 0 Å². The number of hydrogen-bond acceptors (Lipinski definition) is 4. The van der Waals surface area contributed by atoms with Crippen LogP contribution >= 0.6 is 0 Å². The molecule has 4 rings (SSSR count). The highest BCUT2D eigenvalue weighted by atomic mass is 16.5. The number of amides is 2. The number of carbonyl (C=O) groups excluding carboxylic acids is 2. The second-order valence-electron chi connectivity index (χ2n) is 8.65. The lowest BCUT2D eigenvalue weighted by Crippen LogP contribution is -2.47. The Hall–Kier alpha value is -3.35. The highest BCUT2D eigenvalue weighted by Crippen LogP contribution is 2.44. The van der Waals surface area contributed by atoms with Crippen molar-refractivity contribution in [2.45, 2.75) is 38.1 Å². The number of nitrogens with one attached hydrogen (secondary N) is 2. The molecule has 7 heteroatoms. The van der Waals surface area contributed by atoms with E-state index in [1.54, 1.807) is 6.92 Å². The molecule has 168 valence electrons. The predicted octanol–water partition coefficient (Wildman–Crippen LogP) is 3.53. The fraction of sp³-hybridized carbons (Fsp3) is 0.400. The molecule has 0 saturated heterocycles. The predicted molar refractivity (Wildman–Crippen MR) is 119 cm³/mol. The van der Waals surface area contributed by atoms with E-state index in [1.165, 1.54) is 0 Å². The summed E-state index contributed by atoms with van der Waals surface area (Å²) in [7, 11) is 0. The summed E-state index contributed by atoms with van der Waals surface area (Å²) in [6, 6.07) is 15.3. The molecule has 0 spiro atoms. The zero-order valence-electron chi connectivity index (χ0n) is 18.0. The Kier molecular flexibility index (Phi) is 6.44. The Morgan fingerprint density at radius 3 is 2.19 bits per heavy atom. The highest BCUT2D eigenvalue weighted by molar-refractivity contribution is 5.85. The van der Waals surface area contributed by atoms with Gasteiger partial charge in [-0.25, -0.2) is 4.79 Å². The molecule has 0 aliphatic heterocycles. The topological polar surface area (TPSA) is 105 Å². The van der Waals surface area contributed by atoms with E-state index in [4.69, 9.17) is 4.74 Å². The van der Waals surface area contributed by atoms with Crippen LogP contribution in [0.25, 0.3) is 11.1 Å². The van der Waals surface area contributed by atoms with Gasteiger partial charge in [0.2, 0.25) is 5.91 Å². The molecule has 0 bridgehead atoms. The van der Waals surface area contributed by atoms with Crippen molar-refractivity contribution in [2.24, 2.45) is 11.8 Å². The van der Waals surface area contributed by atoms with E-state index >= 15 is 0 Å². The maximum absolute atomic E-state index is 12.3. The van der Waals surface area contributed by atoms with Crippen LogP contribution in [0.1, 0.15) is 43.2 Å². The number of fused-ring (bicyclic) bond motifs is 3. The van der Waals surface area contributed by atoms with Crippen LogP contribution in [0.3, 0.4) is 0 Å². The standard InChI is InChI=1S/C25H28N2O5/c1-15(23(28)26-13-17(24(29)30)12-16-10-11-16)27-25(31)32-14-22-20-8-4-2-6-18(20)19-7-3-5-9-21(19)22/h2-9,15-17,22H,10-14H2,1H3,(H,26,28)(H,27,31)(H,29,30)/t15-,17?/m1/s1. The van der Waals surface area contributed by atoms with Gasteiger partial charge in [0.05, 0.1) is 5.92 Å². The average molecular weight is 437 g/mol. The number of carbonyl (C=O) groups is 3. The summed E-state index contributed by atoms with van der Waals surface area (Å²) in [5, 5.41) is 14.5. The maximum atomic E-state index is 12.3. The average Bonchev–Trinajstić information content (AvgIpc) is 3.55. The first kappa shape index (κ1) is 21.9. The molecule has 1 saturated carbocycles. The van der Waals surface area contributed by atoms with Crippen molar-refractivity contribution in [3.63, 3.8) is 0 Å². The second-order valence-corrected chi connectivity index (χ2v) is 8.65. The lowest BCUT2D eigenvalue weighted by atomic mass is 9.98. The lowest BCUT2D eigenvalue weighted by molar-refractivity contribution is -0.142. The van der Waals surface area contributed by atoms with E-state index in [-0.39, 0.29) is 19.1 Å². The molecule has 0 aromatic heterocycles. The van der Waals surface area contributed by atoms with Crippen LogP contribution < -0.4 is 10.6 Å². The Bertz CT molecular complexity index is 971. The maximum Gasteiger partial charge on any atom is 0.407 e. The van der Waals surface area contributed by atoms with Gasteiger partial charge >= 0.3 is 12.1 Å². The van der Waals surface area contributed by atoms with Gasteiger partial charge in [-0.2, -0.15) is 0 Å². The fourth-order valence-corrected chi connectivity index (χ4v) is 4.29. The molecule has 2 aliphatic rings. The first-order valence-electron chi connectivity index (χ1n) is 11.1. The summed E-state index contributed by atoms with van der Waals surface area (Å²) >= 11 is 0. The van der Waals surface area contributed by atoms with E-state index in [9.17, 15) is 19.5 Å². The SMILES string of the molecule is C[C@@H](NC(=O)OCC1c2ccccc2-c2ccccc21)C(=O)NCC(CC1CC1)C(=O)O. The molecule has 2 aromatic carbocycles. The molecule has 2 amide bonds. The van der Waals surface area contributed by atoms with Crippen molar-refractivity contribution >= 4 is 18.0 Å². The van der Waals surface area contributed by atoms with Crippen molar-refractivity contribution in [2.75, 3.05) is 13.2 Å². The number of carboxylic acid groups (broad SMARTS) is 1. The van der Waals surface area contributed by atoms with Crippen molar-refractivity contribution < 1.29 is 24.2 Å². The van der Waals surface area contributed by atoms with Gasteiger partial charge in [-0.1, -0.05) is 61.4 Å². The number of benzene rings is 2. The molecule has 0 radical (unpaired) electrons. The smallest absolute Gasteiger partial charge is 0.407 e. The number of carboxylic acids is 1. The molecule has 1 fully saturated rings. The molecular weight excluding hydrogens is 408 g/mol. The molecule has 1 unspecified atom stereocenters. The van der Waals surface area contributed by atoms with E-state index < -0.39 is 29.9 Å². The second kappa shape index (κ2) is 9.42. The first-order chi connectivity index (χ1) is 15.4. The lowest BCUT2D eigenvalue weighted by Gasteiger charge is -2.18. The number of aliphatic carboxylic acids is 1. The minimum Gasteiger partial charge on any atom is -0.481 e. The summed E-state index contributed by atoms with van der Waals surface area (Å²) in [6.45, 7) is 1.77. The Morgan fingerprint density at radius 2 is 1.62 bits per heavy atom. The minimum absolute atomic E-state index is 0.0569. The van der Waals surface area contributed by atoms with Gasteiger partial charge in [-0.15, -0.1) is 0 Å². The van der Waals surface area contributed by atoms with Crippen molar-refractivity contribution in [3.8, 4) is 11.1 Å². The van der Waals surface area contributed by atoms with Crippen molar-refractivity contribution in [1.82, 2.24) is 10.6 Å². The highest BCUT2D eigenvalue weighted by Gasteiger charge is 2.31. The molecule has 3 N–H and O–H groups in total. The zero-order valence-corrected chi connectivity index (χ0v) is 18.0. The molecule has 2 aromatic rings. The summed E-state index contributed by atoms with van der Waals surface area (Å²) in [5.41, 5.74) is 4.51. The van der Waals surface area contributed by atoms with Crippen LogP contribution in [-0.2, 0) is 14.3 Å². The normalized spacial score (nSPS) is 16.4. The van der Waals surface area contributed by atoms with Gasteiger partial charge < -0.3 is 20.5 Å². The Morgan fingerprint density at radius 1 is 1.03 bits per heavy atom. The van der Waals surface area contributed by atoms with Crippen LogP contribution in [0.2, 0.25) is 0 Å². The fourth-order valence-electron chi connectivity index (χ4n) is 4.29. The van der Waals surface area contributed by atoms with Gasteiger partial charge in [0.15, 0.2) is 0 Å². The van der Waals surface area contributed by atoms with Gasteiger partial charge in [0.1, 0.15) is 12.6 Å². The molecule has 0 heterocycles. The summed E-state index contributed by atoms with van der Waals surface area (Å²) in [5.74, 6) is -1.55. The van der Waals surface area contributed by atoms with Gasteiger partial charge in [0, 0.05) is 12.5 Å². The zero-order chi connectivity index (χ0) is 22.7. The molecule has 7 nitrogen and oxygen atoms in total. The number of alkyl carbamates (subject to hydrolysis) is 1. The van der Waals surface area contributed by atoms with Crippen LogP contribution in [-0.4, -0.2) is 42.3 Å². The number of ether oxygens (including phenoxy) is 1. The number of rotatable bonds is 9. The summed E-state index contributed by atoms with van der Waals surface area (Å²) < 4.78 is 5.46. The third-order valence-electron chi connectivity index (χ3n) is 6.26. The first-order valence-corrected chi connectivity index (χ1v) is 11.1. The Labute approximate surface area is 187 Å². The molecule has 32 heavy (non-hydrogen) atoms. The van der Waals surface area contributed by atoms with Crippen molar-refractivity contribution in [1.29, 1.82) is 0 Å². The van der Waals surface area contributed by atoms with Crippen LogP contribution in [0.15, 0.2) is 48.5 Å². The summed E-state index contributed by atoms with van der Waals surface area (Å²) in [4.78, 5) is 36.0. The van der Waals surface area contributed by atoms with E-state index in [1.807, 2.05) is 36.4 Å². The van der Waals surface area contributed by atoms with E-state index in [0.29, 0.717) is 12.3 Å². The van der Waals surface area contributed by atoms with E-state index in [0.717, 1.165) is 35.1 Å². The van der Waals surface area contributed by atoms with Crippen molar-refractivity contribution in [3.05, 3.63) is 59.7 Å². The van der Waals surface area contributed by atoms with Gasteiger partial charge in [0.25, 0.3) is 0 Å². The quantitative estimate of drug-likeness (QED) is 0.558.